The van der Waals surface area contributed by atoms with Crippen LogP contribution in [0.1, 0.15) is 29.7 Å². The van der Waals surface area contributed by atoms with Crippen LogP contribution in [-0.4, -0.2) is 7.11 Å². The number of halogens is 2. The fourth-order valence-electron chi connectivity index (χ4n) is 2.91. The van der Waals surface area contributed by atoms with Gasteiger partial charge in [-0.3, -0.25) is 0 Å². The molecule has 3 rings (SSSR count). The molecule has 0 aliphatic heterocycles. The Morgan fingerprint density at radius 1 is 1.04 bits per heavy atom. The largest absolute Gasteiger partial charge is 0.493 e. The lowest BCUT2D eigenvalue weighted by Crippen LogP contribution is -2.18. The Bertz CT molecular complexity index is 918. The smallest absolute Gasteiger partial charge is 0.175 e. The molecule has 0 radical (unpaired) electrons. The summed E-state index contributed by atoms with van der Waals surface area (Å²) in [7, 11) is 1.60. The van der Waals surface area contributed by atoms with Gasteiger partial charge in [0.05, 0.1) is 11.6 Å². The first-order valence-electron chi connectivity index (χ1n) is 9.09. The summed E-state index contributed by atoms with van der Waals surface area (Å²) in [6, 6.07) is 21.0. The van der Waals surface area contributed by atoms with Crippen molar-refractivity contribution in [1.82, 2.24) is 5.32 Å². The zero-order valence-electron chi connectivity index (χ0n) is 15.9. The summed E-state index contributed by atoms with van der Waals surface area (Å²) >= 11 is 3.56. The van der Waals surface area contributed by atoms with Crippen molar-refractivity contribution in [2.75, 3.05) is 7.11 Å². The van der Waals surface area contributed by atoms with Gasteiger partial charge in [0.1, 0.15) is 12.4 Å². The van der Waals surface area contributed by atoms with Crippen LogP contribution in [-0.2, 0) is 13.2 Å². The molecule has 3 aromatic rings. The molecule has 146 valence electrons. The molecule has 0 unspecified atom stereocenters. The predicted octanol–water partition coefficient (Wildman–Crippen LogP) is 6.03. The number of rotatable bonds is 8. The molecule has 0 aromatic heterocycles. The molecule has 0 aliphatic rings. The molecule has 0 amide bonds. The highest BCUT2D eigenvalue weighted by atomic mass is 79.9. The summed E-state index contributed by atoms with van der Waals surface area (Å²) in [6.45, 7) is 2.94. The summed E-state index contributed by atoms with van der Waals surface area (Å²) in [5, 5.41) is 3.51. The third kappa shape index (κ3) is 5.12. The Balaban J connectivity index is 1.69. The molecule has 3 nitrogen and oxygen atoms in total. The maximum absolute atomic E-state index is 13.8. The first-order chi connectivity index (χ1) is 13.6. The highest BCUT2D eigenvalue weighted by Crippen LogP contribution is 2.37. The minimum atomic E-state index is -0.284. The average Bonchev–Trinajstić information content (AvgIpc) is 2.72. The minimum Gasteiger partial charge on any atom is -0.493 e. The molecule has 1 N–H and O–H groups in total. The zero-order chi connectivity index (χ0) is 19.9. The van der Waals surface area contributed by atoms with Gasteiger partial charge in [0, 0.05) is 18.2 Å². The standard InChI is InChI=1S/C23H23BrFNO2/c1-16(18-8-4-3-5-9-18)26-14-17-12-20(24)23(22(13-17)27-2)28-15-19-10-6-7-11-21(19)25/h3-13,16,26H,14-15H2,1-2H3/t16-/m1/s1. The van der Waals surface area contributed by atoms with Crippen molar-refractivity contribution >= 4 is 15.9 Å². The van der Waals surface area contributed by atoms with Crippen LogP contribution in [0, 0.1) is 5.82 Å². The first-order valence-corrected chi connectivity index (χ1v) is 9.88. The van der Waals surface area contributed by atoms with Gasteiger partial charge in [-0.2, -0.15) is 0 Å². The van der Waals surface area contributed by atoms with Gasteiger partial charge in [-0.05, 0) is 52.2 Å². The molecule has 0 aliphatic carbocycles. The maximum atomic E-state index is 13.8. The lowest BCUT2D eigenvalue weighted by atomic mass is 10.1. The van der Waals surface area contributed by atoms with Gasteiger partial charge < -0.3 is 14.8 Å². The van der Waals surface area contributed by atoms with Crippen LogP contribution >= 0.6 is 15.9 Å². The number of benzene rings is 3. The quantitative estimate of drug-likeness (QED) is 0.461. The van der Waals surface area contributed by atoms with Gasteiger partial charge in [0.15, 0.2) is 11.5 Å². The normalized spacial score (nSPS) is 11.9. The average molecular weight is 444 g/mol. The number of ether oxygens (including phenoxy) is 2. The number of nitrogens with one attached hydrogen (secondary N) is 1. The van der Waals surface area contributed by atoms with Crippen LogP contribution < -0.4 is 14.8 Å². The molecule has 0 bridgehead atoms. The zero-order valence-corrected chi connectivity index (χ0v) is 17.5. The summed E-state index contributed by atoms with van der Waals surface area (Å²) in [4.78, 5) is 0. The number of methoxy groups -OCH3 is 1. The molecule has 0 saturated carbocycles. The SMILES string of the molecule is COc1cc(CN[C@H](C)c2ccccc2)cc(Br)c1OCc1ccccc1F. The fraction of sp³-hybridized carbons (Fsp3) is 0.217. The summed E-state index contributed by atoms with van der Waals surface area (Å²) in [6.07, 6.45) is 0. The van der Waals surface area contributed by atoms with Gasteiger partial charge in [-0.15, -0.1) is 0 Å². The van der Waals surface area contributed by atoms with Crippen LogP contribution in [0.15, 0.2) is 71.2 Å². The molecule has 5 heteroatoms. The van der Waals surface area contributed by atoms with E-state index in [1.165, 1.54) is 11.6 Å². The first kappa shape index (κ1) is 20.4. The van der Waals surface area contributed by atoms with E-state index >= 15 is 0 Å². The van der Waals surface area contributed by atoms with Gasteiger partial charge in [-0.25, -0.2) is 4.39 Å². The van der Waals surface area contributed by atoms with Crippen molar-refractivity contribution in [3.05, 3.63) is 93.7 Å². The van der Waals surface area contributed by atoms with E-state index in [0.717, 1.165) is 10.0 Å². The van der Waals surface area contributed by atoms with Crippen molar-refractivity contribution in [1.29, 1.82) is 0 Å². The lowest BCUT2D eigenvalue weighted by molar-refractivity contribution is 0.277. The number of hydrogen-bond acceptors (Lipinski definition) is 3. The van der Waals surface area contributed by atoms with E-state index < -0.39 is 0 Å². The second kappa shape index (κ2) is 9.71. The van der Waals surface area contributed by atoms with E-state index in [4.69, 9.17) is 9.47 Å². The lowest BCUT2D eigenvalue weighted by Gasteiger charge is -2.17. The van der Waals surface area contributed by atoms with Crippen LogP contribution in [0.3, 0.4) is 0 Å². The van der Waals surface area contributed by atoms with Crippen molar-refractivity contribution in [2.45, 2.75) is 26.1 Å². The highest BCUT2D eigenvalue weighted by Gasteiger charge is 2.14. The third-order valence-electron chi connectivity index (χ3n) is 4.53. The Kier molecular flexibility index (Phi) is 7.06. The molecule has 0 fully saturated rings. The Labute approximate surface area is 173 Å². The van der Waals surface area contributed by atoms with E-state index in [1.807, 2.05) is 30.3 Å². The molecular weight excluding hydrogens is 421 g/mol. The second-order valence-corrected chi connectivity index (χ2v) is 7.36. The van der Waals surface area contributed by atoms with E-state index in [9.17, 15) is 4.39 Å². The fourth-order valence-corrected chi connectivity index (χ4v) is 3.52. The molecule has 0 heterocycles. The summed E-state index contributed by atoms with van der Waals surface area (Å²) in [5.41, 5.74) is 2.79. The van der Waals surface area contributed by atoms with Crippen LogP contribution in [0.5, 0.6) is 11.5 Å². The summed E-state index contributed by atoms with van der Waals surface area (Å²) in [5.74, 6) is 0.883. The molecule has 0 saturated heterocycles. The Hall–Kier alpha value is -2.37. The highest BCUT2D eigenvalue weighted by molar-refractivity contribution is 9.10. The van der Waals surface area contributed by atoms with Crippen molar-refractivity contribution in [2.24, 2.45) is 0 Å². The number of hydrogen-bond donors (Lipinski definition) is 1. The third-order valence-corrected chi connectivity index (χ3v) is 5.12. The molecule has 3 aromatic carbocycles. The van der Waals surface area contributed by atoms with Gasteiger partial charge in [-0.1, -0.05) is 48.5 Å². The van der Waals surface area contributed by atoms with Gasteiger partial charge in [0.2, 0.25) is 0 Å². The van der Waals surface area contributed by atoms with Crippen LogP contribution in [0.2, 0.25) is 0 Å². The van der Waals surface area contributed by atoms with Crippen molar-refractivity contribution in [3.63, 3.8) is 0 Å². The monoisotopic (exact) mass is 443 g/mol. The van der Waals surface area contributed by atoms with E-state index in [2.05, 4.69) is 40.3 Å². The summed E-state index contributed by atoms with van der Waals surface area (Å²) < 4.78 is 25.9. The molecule has 1 atom stereocenters. The molecule has 0 spiro atoms. The maximum Gasteiger partial charge on any atom is 0.175 e. The van der Waals surface area contributed by atoms with Gasteiger partial charge >= 0.3 is 0 Å². The Morgan fingerprint density at radius 2 is 1.75 bits per heavy atom. The van der Waals surface area contributed by atoms with Crippen molar-refractivity contribution < 1.29 is 13.9 Å². The van der Waals surface area contributed by atoms with Crippen molar-refractivity contribution in [3.8, 4) is 11.5 Å². The van der Waals surface area contributed by atoms with E-state index in [0.29, 0.717) is 23.6 Å². The van der Waals surface area contributed by atoms with Crippen LogP contribution in [0.25, 0.3) is 0 Å². The topological polar surface area (TPSA) is 30.5 Å². The second-order valence-electron chi connectivity index (χ2n) is 6.50. The van der Waals surface area contributed by atoms with E-state index in [1.54, 1.807) is 25.3 Å². The van der Waals surface area contributed by atoms with E-state index in [-0.39, 0.29) is 18.5 Å². The molecule has 28 heavy (non-hydrogen) atoms. The Morgan fingerprint density at radius 3 is 2.46 bits per heavy atom. The molecular formula is C23H23BrFNO2. The predicted molar refractivity (Wildman–Crippen MR) is 113 cm³/mol. The minimum absolute atomic E-state index is 0.129. The van der Waals surface area contributed by atoms with Crippen LogP contribution in [0.4, 0.5) is 4.39 Å². The van der Waals surface area contributed by atoms with Gasteiger partial charge in [0.25, 0.3) is 0 Å².